The summed E-state index contributed by atoms with van der Waals surface area (Å²) in [6, 6.07) is 0. The summed E-state index contributed by atoms with van der Waals surface area (Å²) in [5, 5.41) is 4.77. The lowest BCUT2D eigenvalue weighted by Gasteiger charge is -2.13. The van der Waals surface area contributed by atoms with Crippen LogP contribution >= 0.6 is 0 Å². The SMILES string of the molecule is CC(=O)N(C)CCCS(N)(=O)=O. The summed E-state index contributed by atoms with van der Waals surface area (Å²) in [5.41, 5.74) is 0. The highest BCUT2D eigenvalue weighted by atomic mass is 32.2. The Labute approximate surface area is 72.6 Å². The molecule has 0 spiro atoms. The Morgan fingerprint density at radius 2 is 2.00 bits per heavy atom. The molecule has 0 bridgehead atoms. The molecule has 0 aromatic carbocycles. The Morgan fingerprint density at radius 3 is 2.33 bits per heavy atom. The molecule has 12 heavy (non-hydrogen) atoms. The van der Waals surface area contributed by atoms with Gasteiger partial charge in [-0.3, -0.25) is 4.79 Å². The second kappa shape index (κ2) is 4.42. The topological polar surface area (TPSA) is 80.5 Å². The average Bonchev–Trinajstić information content (AvgIpc) is 1.84. The highest BCUT2D eigenvalue weighted by molar-refractivity contribution is 7.89. The van der Waals surface area contributed by atoms with E-state index >= 15 is 0 Å². The predicted molar refractivity (Wildman–Crippen MR) is 45.9 cm³/mol. The minimum atomic E-state index is -3.38. The van der Waals surface area contributed by atoms with Crippen LogP contribution in [0.3, 0.4) is 0 Å². The standard InChI is InChI=1S/C6H14N2O3S/c1-6(9)8(2)4-3-5-12(7,10)11/h3-5H2,1-2H3,(H2,7,10,11). The van der Waals surface area contributed by atoms with E-state index < -0.39 is 10.0 Å². The average molecular weight is 194 g/mol. The van der Waals surface area contributed by atoms with Gasteiger partial charge >= 0.3 is 0 Å². The summed E-state index contributed by atoms with van der Waals surface area (Å²) in [7, 11) is -1.77. The van der Waals surface area contributed by atoms with Gasteiger partial charge in [0.05, 0.1) is 5.75 Å². The van der Waals surface area contributed by atoms with Crippen molar-refractivity contribution < 1.29 is 13.2 Å². The van der Waals surface area contributed by atoms with E-state index in [0.717, 1.165) is 0 Å². The summed E-state index contributed by atoms with van der Waals surface area (Å²) < 4.78 is 20.9. The quantitative estimate of drug-likeness (QED) is 0.632. The maximum absolute atomic E-state index is 10.6. The van der Waals surface area contributed by atoms with Crippen molar-refractivity contribution in [3.8, 4) is 0 Å². The molecule has 2 N–H and O–H groups in total. The number of hydrogen-bond donors (Lipinski definition) is 1. The highest BCUT2D eigenvalue weighted by Crippen LogP contribution is 1.90. The fourth-order valence-corrected chi connectivity index (χ4v) is 1.19. The Bertz CT molecular complexity index is 248. The molecule has 0 unspecified atom stereocenters. The molecule has 0 saturated heterocycles. The van der Waals surface area contributed by atoms with Gasteiger partial charge in [0.1, 0.15) is 0 Å². The fourth-order valence-electron chi connectivity index (χ4n) is 0.660. The third-order valence-electron chi connectivity index (χ3n) is 1.46. The van der Waals surface area contributed by atoms with Gasteiger partial charge in [-0.25, -0.2) is 13.6 Å². The molecule has 0 aromatic rings. The van der Waals surface area contributed by atoms with Crippen molar-refractivity contribution in [2.75, 3.05) is 19.3 Å². The van der Waals surface area contributed by atoms with Gasteiger partial charge in [0.25, 0.3) is 0 Å². The molecular weight excluding hydrogens is 180 g/mol. The van der Waals surface area contributed by atoms with Crippen LogP contribution in [0.5, 0.6) is 0 Å². The fraction of sp³-hybridized carbons (Fsp3) is 0.833. The van der Waals surface area contributed by atoms with E-state index in [2.05, 4.69) is 0 Å². The third-order valence-corrected chi connectivity index (χ3v) is 2.32. The number of nitrogens with zero attached hydrogens (tertiary/aromatic N) is 1. The molecule has 0 saturated carbocycles. The van der Waals surface area contributed by atoms with Crippen molar-refractivity contribution in [3.63, 3.8) is 0 Å². The van der Waals surface area contributed by atoms with Gasteiger partial charge in [-0.1, -0.05) is 0 Å². The zero-order valence-electron chi connectivity index (χ0n) is 7.28. The molecule has 1 amide bonds. The number of carbonyl (C=O) groups is 1. The second-order valence-corrected chi connectivity index (χ2v) is 4.40. The molecule has 0 heterocycles. The molecule has 0 fully saturated rings. The Hall–Kier alpha value is -0.620. The summed E-state index contributed by atoms with van der Waals surface area (Å²) in [6.07, 6.45) is 0.384. The van der Waals surface area contributed by atoms with E-state index in [1.165, 1.54) is 11.8 Å². The van der Waals surface area contributed by atoms with Gasteiger partial charge in [0.2, 0.25) is 15.9 Å². The predicted octanol–water partition coefficient (Wildman–Crippen LogP) is -0.857. The van der Waals surface area contributed by atoms with Gasteiger partial charge in [-0.2, -0.15) is 0 Å². The molecular formula is C6H14N2O3S. The van der Waals surface area contributed by atoms with E-state index in [1.807, 2.05) is 0 Å². The number of primary sulfonamides is 1. The van der Waals surface area contributed by atoms with Gasteiger partial charge in [0.15, 0.2) is 0 Å². The monoisotopic (exact) mass is 194 g/mol. The molecule has 0 atom stereocenters. The maximum atomic E-state index is 10.6. The number of sulfonamides is 1. The van der Waals surface area contributed by atoms with Crippen LogP contribution in [0.2, 0.25) is 0 Å². The lowest BCUT2D eigenvalue weighted by atomic mass is 10.4. The molecule has 0 aromatic heterocycles. The zero-order valence-corrected chi connectivity index (χ0v) is 8.10. The normalized spacial score (nSPS) is 11.2. The van der Waals surface area contributed by atoms with Crippen LogP contribution in [0.15, 0.2) is 0 Å². The summed E-state index contributed by atoms with van der Waals surface area (Å²) >= 11 is 0. The largest absolute Gasteiger partial charge is 0.346 e. The maximum Gasteiger partial charge on any atom is 0.219 e. The van der Waals surface area contributed by atoms with E-state index in [-0.39, 0.29) is 11.7 Å². The minimum absolute atomic E-state index is 0.0788. The highest BCUT2D eigenvalue weighted by Gasteiger charge is 2.05. The first-order valence-corrected chi connectivity index (χ1v) is 5.26. The van der Waals surface area contributed by atoms with Crippen molar-refractivity contribution >= 4 is 15.9 Å². The zero-order chi connectivity index (χ0) is 9.78. The van der Waals surface area contributed by atoms with E-state index in [9.17, 15) is 13.2 Å². The van der Waals surface area contributed by atoms with E-state index in [0.29, 0.717) is 13.0 Å². The van der Waals surface area contributed by atoms with Gasteiger partial charge < -0.3 is 4.90 Å². The summed E-state index contributed by atoms with van der Waals surface area (Å²) in [6.45, 7) is 1.85. The second-order valence-electron chi connectivity index (χ2n) is 2.66. The van der Waals surface area contributed by atoms with Crippen molar-refractivity contribution in [2.45, 2.75) is 13.3 Å². The van der Waals surface area contributed by atoms with Crippen LogP contribution in [0, 0.1) is 0 Å². The minimum Gasteiger partial charge on any atom is -0.346 e. The van der Waals surface area contributed by atoms with E-state index in [1.54, 1.807) is 7.05 Å². The third kappa shape index (κ3) is 6.11. The number of hydrogen-bond acceptors (Lipinski definition) is 3. The van der Waals surface area contributed by atoms with Gasteiger partial charge in [-0.15, -0.1) is 0 Å². The van der Waals surface area contributed by atoms with Gasteiger partial charge in [0, 0.05) is 20.5 Å². The lowest BCUT2D eigenvalue weighted by molar-refractivity contribution is -0.127. The van der Waals surface area contributed by atoms with Crippen LogP contribution in [0.4, 0.5) is 0 Å². The van der Waals surface area contributed by atoms with Crippen LogP contribution in [-0.2, 0) is 14.8 Å². The molecule has 5 nitrogen and oxygen atoms in total. The van der Waals surface area contributed by atoms with Crippen LogP contribution in [0.25, 0.3) is 0 Å². The van der Waals surface area contributed by atoms with Crippen LogP contribution in [0.1, 0.15) is 13.3 Å². The van der Waals surface area contributed by atoms with E-state index in [4.69, 9.17) is 5.14 Å². The molecule has 0 aliphatic carbocycles. The molecule has 0 aliphatic rings. The first kappa shape index (κ1) is 11.4. The first-order valence-electron chi connectivity index (χ1n) is 3.55. The summed E-state index contributed by atoms with van der Waals surface area (Å²) in [5.74, 6) is -0.158. The van der Waals surface area contributed by atoms with Crippen molar-refractivity contribution in [1.82, 2.24) is 4.90 Å². The van der Waals surface area contributed by atoms with Gasteiger partial charge in [-0.05, 0) is 6.42 Å². The number of rotatable bonds is 4. The van der Waals surface area contributed by atoms with Crippen LogP contribution in [-0.4, -0.2) is 38.6 Å². The number of amides is 1. The van der Waals surface area contributed by atoms with Crippen molar-refractivity contribution in [1.29, 1.82) is 0 Å². The number of nitrogens with two attached hydrogens (primary N) is 1. The molecule has 0 aliphatic heterocycles. The molecule has 0 rings (SSSR count). The molecule has 0 radical (unpaired) electrons. The number of carbonyl (C=O) groups excluding carboxylic acids is 1. The molecule has 72 valence electrons. The van der Waals surface area contributed by atoms with Crippen LogP contribution < -0.4 is 5.14 Å². The summed E-state index contributed by atoms with van der Waals surface area (Å²) in [4.78, 5) is 12.1. The van der Waals surface area contributed by atoms with Crippen molar-refractivity contribution in [3.05, 3.63) is 0 Å². The van der Waals surface area contributed by atoms with Crippen molar-refractivity contribution in [2.24, 2.45) is 5.14 Å². The smallest absolute Gasteiger partial charge is 0.219 e. The first-order chi connectivity index (χ1) is 5.33. The Kier molecular flexibility index (Phi) is 4.19. The molecule has 6 heteroatoms. The Balaban J connectivity index is 3.65. The Morgan fingerprint density at radius 1 is 1.50 bits per heavy atom. The lowest BCUT2D eigenvalue weighted by Crippen LogP contribution is -2.27.